The van der Waals surface area contributed by atoms with Gasteiger partial charge in [0.25, 0.3) is 0 Å². The standard InChI is InChI=1S/C17H28O5/c1-9(2)13-11(19)8-16(4)12(20)6-7-17(5,21)15(16)14(13)22-10(3)18/h9,11,13-15,19,21H,6-8H2,1-5H3/t11-,13+,14+,15?,16-,17-/m0/s1. The maximum atomic E-state index is 12.5. The summed E-state index contributed by atoms with van der Waals surface area (Å²) in [5.74, 6) is -1.08. The van der Waals surface area contributed by atoms with E-state index in [4.69, 9.17) is 4.74 Å². The third-order valence-electron chi connectivity index (χ3n) is 5.71. The van der Waals surface area contributed by atoms with E-state index in [2.05, 4.69) is 0 Å². The Hall–Kier alpha value is -0.940. The molecule has 0 amide bonds. The molecule has 0 aromatic rings. The van der Waals surface area contributed by atoms with Crippen LogP contribution < -0.4 is 0 Å². The lowest BCUT2D eigenvalue weighted by Crippen LogP contribution is -2.65. The second kappa shape index (κ2) is 5.60. The van der Waals surface area contributed by atoms with E-state index in [0.29, 0.717) is 19.3 Å². The first-order chi connectivity index (χ1) is 10.0. The summed E-state index contributed by atoms with van der Waals surface area (Å²) in [5.41, 5.74) is -1.94. The minimum atomic E-state index is -1.09. The van der Waals surface area contributed by atoms with Gasteiger partial charge in [-0.05, 0) is 25.7 Å². The van der Waals surface area contributed by atoms with Gasteiger partial charge in [-0.3, -0.25) is 9.59 Å². The van der Waals surface area contributed by atoms with Crippen molar-refractivity contribution in [2.75, 3.05) is 0 Å². The smallest absolute Gasteiger partial charge is 0.302 e. The van der Waals surface area contributed by atoms with Gasteiger partial charge in [-0.2, -0.15) is 0 Å². The lowest BCUT2D eigenvalue weighted by atomic mass is 9.50. The molecule has 2 aliphatic rings. The summed E-state index contributed by atoms with van der Waals surface area (Å²) in [7, 11) is 0. The van der Waals surface area contributed by atoms with Crippen molar-refractivity contribution in [1.82, 2.24) is 0 Å². The number of carbonyl (C=O) groups excluding carboxylic acids is 2. The second-order valence-electron chi connectivity index (χ2n) is 7.84. The molecule has 5 nitrogen and oxygen atoms in total. The van der Waals surface area contributed by atoms with Crippen LogP contribution in [0.3, 0.4) is 0 Å². The highest BCUT2D eigenvalue weighted by molar-refractivity contribution is 5.86. The van der Waals surface area contributed by atoms with Gasteiger partial charge in [-0.25, -0.2) is 0 Å². The summed E-state index contributed by atoms with van der Waals surface area (Å²) in [6.45, 7) is 8.77. The largest absolute Gasteiger partial charge is 0.462 e. The Morgan fingerprint density at radius 3 is 2.45 bits per heavy atom. The predicted molar refractivity (Wildman–Crippen MR) is 81.0 cm³/mol. The molecule has 2 saturated carbocycles. The molecular weight excluding hydrogens is 284 g/mol. The Kier molecular flexibility index (Phi) is 4.44. The highest BCUT2D eigenvalue weighted by Crippen LogP contribution is 2.55. The van der Waals surface area contributed by atoms with Gasteiger partial charge < -0.3 is 14.9 Å². The number of carbonyl (C=O) groups is 2. The van der Waals surface area contributed by atoms with Crippen LogP contribution in [-0.4, -0.2) is 39.8 Å². The van der Waals surface area contributed by atoms with Crippen LogP contribution in [0.4, 0.5) is 0 Å². The van der Waals surface area contributed by atoms with Gasteiger partial charge in [0.2, 0.25) is 0 Å². The van der Waals surface area contributed by atoms with Gasteiger partial charge in [0.05, 0.1) is 11.7 Å². The topological polar surface area (TPSA) is 83.8 Å². The molecular formula is C17H28O5. The fourth-order valence-electron chi connectivity index (χ4n) is 4.80. The molecule has 0 saturated heterocycles. The molecule has 126 valence electrons. The van der Waals surface area contributed by atoms with Gasteiger partial charge in [-0.15, -0.1) is 0 Å². The van der Waals surface area contributed by atoms with E-state index in [1.807, 2.05) is 13.8 Å². The predicted octanol–water partition coefficient (Wildman–Crippen LogP) is 1.69. The molecule has 0 aromatic carbocycles. The van der Waals surface area contributed by atoms with Crippen LogP contribution in [0.15, 0.2) is 0 Å². The van der Waals surface area contributed by atoms with E-state index in [1.165, 1.54) is 6.92 Å². The summed E-state index contributed by atoms with van der Waals surface area (Å²) < 4.78 is 5.54. The minimum Gasteiger partial charge on any atom is -0.462 e. The average molecular weight is 312 g/mol. The highest BCUT2D eigenvalue weighted by Gasteiger charge is 2.63. The van der Waals surface area contributed by atoms with E-state index in [1.54, 1.807) is 13.8 Å². The van der Waals surface area contributed by atoms with Crippen LogP contribution in [0.5, 0.6) is 0 Å². The van der Waals surface area contributed by atoms with Gasteiger partial charge in [0, 0.05) is 30.6 Å². The lowest BCUT2D eigenvalue weighted by Gasteiger charge is -2.57. The summed E-state index contributed by atoms with van der Waals surface area (Å²) in [6.07, 6.45) is -0.391. The molecule has 2 fully saturated rings. The van der Waals surface area contributed by atoms with Crippen molar-refractivity contribution in [3.8, 4) is 0 Å². The molecule has 0 bridgehead atoms. The SMILES string of the molecule is CC(=O)O[C@H]1C2[C@@](C)(O)CCC(=O)[C@]2(C)C[C@H](O)[C@H]1C(C)C. The zero-order chi connectivity index (χ0) is 16.9. The van der Waals surface area contributed by atoms with E-state index in [9.17, 15) is 19.8 Å². The fraction of sp³-hybridized carbons (Fsp3) is 0.882. The number of ketones is 1. The molecule has 0 aromatic heterocycles. The van der Waals surface area contributed by atoms with E-state index >= 15 is 0 Å². The van der Waals surface area contributed by atoms with Crippen molar-refractivity contribution in [1.29, 1.82) is 0 Å². The van der Waals surface area contributed by atoms with Gasteiger partial charge >= 0.3 is 5.97 Å². The third kappa shape index (κ3) is 2.69. The van der Waals surface area contributed by atoms with Crippen LogP contribution in [0, 0.1) is 23.2 Å². The molecule has 5 heteroatoms. The molecule has 2 rings (SSSR count). The van der Waals surface area contributed by atoms with Crippen molar-refractivity contribution in [2.45, 2.75) is 71.7 Å². The Bertz CT molecular complexity index is 470. The molecule has 1 unspecified atom stereocenters. The first-order valence-corrected chi connectivity index (χ1v) is 8.11. The van der Waals surface area contributed by atoms with Crippen molar-refractivity contribution in [3.05, 3.63) is 0 Å². The molecule has 0 radical (unpaired) electrons. The van der Waals surface area contributed by atoms with E-state index in [0.717, 1.165) is 0 Å². The number of fused-ring (bicyclic) bond motifs is 1. The fourth-order valence-corrected chi connectivity index (χ4v) is 4.80. The number of Topliss-reactive ketones (excluding diaryl/α,β-unsaturated/α-hetero) is 1. The summed E-state index contributed by atoms with van der Waals surface area (Å²) in [5, 5.41) is 21.5. The van der Waals surface area contributed by atoms with Crippen molar-refractivity contribution < 1.29 is 24.5 Å². The molecule has 2 aliphatic carbocycles. The van der Waals surface area contributed by atoms with Crippen molar-refractivity contribution in [2.24, 2.45) is 23.2 Å². The highest BCUT2D eigenvalue weighted by atomic mass is 16.5. The van der Waals surface area contributed by atoms with Crippen LogP contribution in [0.1, 0.15) is 53.9 Å². The Balaban J connectivity index is 2.53. The lowest BCUT2D eigenvalue weighted by molar-refractivity contribution is -0.220. The number of ether oxygens (including phenoxy) is 1. The monoisotopic (exact) mass is 312 g/mol. The van der Waals surface area contributed by atoms with Crippen LogP contribution in [0.2, 0.25) is 0 Å². The van der Waals surface area contributed by atoms with Crippen LogP contribution in [0.25, 0.3) is 0 Å². The Morgan fingerprint density at radius 1 is 1.36 bits per heavy atom. The van der Waals surface area contributed by atoms with Crippen molar-refractivity contribution in [3.63, 3.8) is 0 Å². The summed E-state index contributed by atoms with van der Waals surface area (Å²) in [6, 6.07) is 0. The normalized spacial score (nSPS) is 45.5. The first kappa shape index (κ1) is 17.4. The zero-order valence-corrected chi connectivity index (χ0v) is 14.1. The van der Waals surface area contributed by atoms with Gasteiger partial charge in [-0.1, -0.05) is 20.8 Å². The Labute approximate surface area is 132 Å². The maximum Gasteiger partial charge on any atom is 0.302 e. The van der Waals surface area contributed by atoms with Crippen molar-refractivity contribution >= 4 is 11.8 Å². The number of rotatable bonds is 2. The van der Waals surface area contributed by atoms with Gasteiger partial charge in [0.1, 0.15) is 11.9 Å². The number of aliphatic hydroxyl groups excluding tert-OH is 1. The molecule has 6 atom stereocenters. The van der Waals surface area contributed by atoms with E-state index in [-0.39, 0.29) is 17.6 Å². The van der Waals surface area contributed by atoms with Crippen LogP contribution in [-0.2, 0) is 14.3 Å². The van der Waals surface area contributed by atoms with Crippen LogP contribution >= 0.6 is 0 Å². The molecule has 22 heavy (non-hydrogen) atoms. The summed E-state index contributed by atoms with van der Waals surface area (Å²) >= 11 is 0. The number of esters is 1. The molecule has 2 N–H and O–H groups in total. The summed E-state index contributed by atoms with van der Waals surface area (Å²) in [4.78, 5) is 24.1. The van der Waals surface area contributed by atoms with Gasteiger partial charge in [0.15, 0.2) is 0 Å². The zero-order valence-electron chi connectivity index (χ0n) is 14.1. The van der Waals surface area contributed by atoms with E-state index < -0.39 is 35.1 Å². The average Bonchev–Trinajstić information content (AvgIpc) is 2.32. The Morgan fingerprint density at radius 2 is 1.95 bits per heavy atom. The molecule has 0 heterocycles. The third-order valence-corrected chi connectivity index (χ3v) is 5.71. The maximum absolute atomic E-state index is 12.5. The quantitative estimate of drug-likeness (QED) is 0.758. The number of hydrogen-bond acceptors (Lipinski definition) is 5. The first-order valence-electron chi connectivity index (χ1n) is 8.11. The molecule has 0 spiro atoms. The molecule has 0 aliphatic heterocycles. The number of hydrogen-bond donors (Lipinski definition) is 2. The minimum absolute atomic E-state index is 0.0439. The number of aliphatic hydroxyl groups is 2. The second-order valence-corrected chi connectivity index (χ2v) is 7.84.